The Balaban J connectivity index is 3.34. The van der Waals surface area contributed by atoms with Crippen molar-refractivity contribution in [1.29, 1.82) is 0 Å². The molecule has 0 amide bonds. The van der Waals surface area contributed by atoms with Gasteiger partial charge in [0.2, 0.25) is 0 Å². The van der Waals surface area contributed by atoms with Crippen molar-refractivity contribution in [3.8, 4) is 0 Å². The normalized spacial score (nSPS) is 13.6. The van der Waals surface area contributed by atoms with Crippen LogP contribution in [0.25, 0.3) is 0 Å². The molecule has 0 spiro atoms. The summed E-state index contributed by atoms with van der Waals surface area (Å²) >= 11 is 2.44. The molecule has 0 unspecified atom stereocenters. The predicted octanol–water partition coefficient (Wildman–Crippen LogP) is -0.603. The zero-order chi connectivity index (χ0) is 5.86. The first kappa shape index (κ1) is 7.08. The summed E-state index contributed by atoms with van der Waals surface area (Å²) in [6.07, 6.45) is 0. The molecule has 0 saturated heterocycles. The van der Waals surface area contributed by atoms with Crippen LogP contribution >= 0.6 is 0 Å². The van der Waals surface area contributed by atoms with Crippen molar-refractivity contribution in [3.63, 3.8) is 0 Å². The van der Waals surface area contributed by atoms with Crippen molar-refractivity contribution in [2.24, 2.45) is 5.73 Å². The van der Waals surface area contributed by atoms with Gasteiger partial charge >= 0.3 is 48.3 Å². The van der Waals surface area contributed by atoms with Gasteiger partial charge in [0.05, 0.1) is 0 Å². The SMILES string of the molecule is N[C@@H](C[Se])C(=O)F. The van der Waals surface area contributed by atoms with Crippen molar-refractivity contribution in [2.75, 3.05) is 0 Å². The molecular formula is C3H5FNOSe. The Morgan fingerprint density at radius 2 is 2.43 bits per heavy atom. The molecule has 0 heterocycles. The minimum absolute atomic E-state index is 0.245. The molecule has 0 fully saturated rings. The molecule has 0 saturated carbocycles. The van der Waals surface area contributed by atoms with Gasteiger partial charge in [-0.3, -0.25) is 0 Å². The van der Waals surface area contributed by atoms with Crippen molar-refractivity contribution >= 4 is 22.0 Å². The molecule has 0 aromatic carbocycles. The Bertz CT molecular complexity index is 77.3. The minimum atomic E-state index is -1.46. The van der Waals surface area contributed by atoms with E-state index in [4.69, 9.17) is 5.73 Å². The number of hydrogen-bond donors (Lipinski definition) is 1. The summed E-state index contributed by atoms with van der Waals surface area (Å²) in [5.41, 5.74) is 4.86. The summed E-state index contributed by atoms with van der Waals surface area (Å²) in [5.74, 6) is 0. The van der Waals surface area contributed by atoms with Gasteiger partial charge in [-0.2, -0.15) is 0 Å². The van der Waals surface area contributed by atoms with Crippen LogP contribution in [0, 0.1) is 0 Å². The van der Waals surface area contributed by atoms with E-state index in [2.05, 4.69) is 16.0 Å². The standard InChI is InChI=1S/C3H5FNOSe/c4-3(6)2(5)1-7/h2H,1,5H2/t2-/m0/s1. The molecule has 41 valence electrons. The maximum absolute atomic E-state index is 11.3. The van der Waals surface area contributed by atoms with E-state index in [1.165, 1.54) is 0 Å². The Morgan fingerprint density at radius 3 is 2.43 bits per heavy atom. The quantitative estimate of drug-likeness (QED) is 0.443. The molecule has 0 bridgehead atoms. The Kier molecular flexibility index (Phi) is 3.17. The molecule has 0 aromatic heterocycles. The molecule has 0 aliphatic carbocycles. The summed E-state index contributed by atoms with van der Waals surface area (Å²) in [5, 5.41) is 0.245. The summed E-state index contributed by atoms with van der Waals surface area (Å²) in [6.45, 7) is 0. The number of halogens is 1. The molecule has 0 rings (SSSR count). The van der Waals surface area contributed by atoms with E-state index in [0.29, 0.717) is 0 Å². The predicted molar refractivity (Wildman–Crippen MR) is 24.7 cm³/mol. The molecule has 4 heteroatoms. The second-order valence-electron chi connectivity index (χ2n) is 1.08. The molecule has 0 aromatic rings. The zero-order valence-electron chi connectivity index (χ0n) is 3.56. The molecular weight excluding hydrogens is 164 g/mol. The van der Waals surface area contributed by atoms with Gasteiger partial charge in [0.25, 0.3) is 0 Å². The fraction of sp³-hybridized carbons (Fsp3) is 0.667. The zero-order valence-corrected chi connectivity index (χ0v) is 5.27. The summed E-state index contributed by atoms with van der Waals surface area (Å²) in [4.78, 5) is 9.56. The van der Waals surface area contributed by atoms with Gasteiger partial charge in [-0.05, 0) is 0 Å². The Labute approximate surface area is 49.1 Å². The first-order chi connectivity index (χ1) is 3.18. The number of nitrogens with two attached hydrogens (primary N) is 1. The molecule has 0 aliphatic heterocycles. The Morgan fingerprint density at radius 1 is 2.00 bits per heavy atom. The Hall–Kier alpha value is 0.0795. The van der Waals surface area contributed by atoms with E-state index >= 15 is 0 Å². The summed E-state index contributed by atoms with van der Waals surface area (Å²) in [7, 11) is 0. The topological polar surface area (TPSA) is 43.1 Å². The van der Waals surface area contributed by atoms with Gasteiger partial charge < -0.3 is 0 Å². The number of hydrogen-bond acceptors (Lipinski definition) is 2. The van der Waals surface area contributed by atoms with E-state index in [0.717, 1.165) is 0 Å². The fourth-order valence-electron chi connectivity index (χ4n) is 0.0655. The van der Waals surface area contributed by atoms with Gasteiger partial charge in [0.15, 0.2) is 0 Å². The number of carbonyl (C=O) groups is 1. The number of rotatable bonds is 2. The molecule has 1 radical (unpaired) electrons. The van der Waals surface area contributed by atoms with E-state index in [1.54, 1.807) is 0 Å². The van der Waals surface area contributed by atoms with Crippen LogP contribution in [-0.4, -0.2) is 28.1 Å². The third-order valence-corrected chi connectivity index (χ3v) is 1.22. The van der Waals surface area contributed by atoms with Gasteiger partial charge in [-0.15, -0.1) is 0 Å². The van der Waals surface area contributed by atoms with Crippen LogP contribution in [-0.2, 0) is 4.79 Å². The van der Waals surface area contributed by atoms with Crippen molar-refractivity contribution in [1.82, 2.24) is 0 Å². The van der Waals surface area contributed by atoms with Crippen LogP contribution in [0.5, 0.6) is 0 Å². The van der Waals surface area contributed by atoms with Crippen LogP contribution in [0.3, 0.4) is 0 Å². The van der Waals surface area contributed by atoms with Gasteiger partial charge in [0.1, 0.15) is 0 Å². The number of carbonyl (C=O) groups excluding carboxylic acids is 1. The fourth-order valence-corrected chi connectivity index (χ4v) is 0.340. The molecule has 2 nitrogen and oxygen atoms in total. The molecule has 2 N–H and O–H groups in total. The first-order valence-electron chi connectivity index (χ1n) is 1.71. The van der Waals surface area contributed by atoms with Crippen LogP contribution in [0.4, 0.5) is 4.39 Å². The monoisotopic (exact) mass is 170 g/mol. The van der Waals surface area contributed by atoms with E-state index < -0.39 is 12.1 Å². The van der Waals surface area contributed by atoms with Crippen LogP contribution in [0.15, 0.2) is 0 Å². The van der Waals surface area contributed by atoms with E-state index in [-0.39, 0.29) is 5.32 Å². The van der Waals surface area contributed by atoms with Crippen molar-refractivity contribution < 1.29 is 9.18 Å². The van der Waals surface area contributed by atoms with Crippen LogP contribution < -0.4 is 5.73 Å². The van der Waals surface area contributed by atoms with Gasteiger partial charge in [-0.25, -0.2) is 0 Å². The van der Waals surface area contributed by atoms with E-state index in [9.17, 15) is 9.18 Å². The molecule has 7 heavy (non-hydrogen) atoms. The summed E-state index contributed by atoms with van der Waals surface area (Å²) < 4.78 is 11.3. The maximum atomic E-state index is 11.3. The van der Waals surface area contributed by atoms with Crippen LogP contribution in [0.2, 0.25) is 5.32 Å². The van der Waals surface area contributed by atoms with Crippen molar-refractivity contribution in [3.05, 3.63) is 0 Å². The average molecular weight is 169 g/mol. The second kappa shape index (κ2) is 3.13. The summed E-state index contributed by atoms with van der Waals surface area (Å²) in [6, 6.07) is -2.42. The van der Waals surface area contributed by atoms with Gasteiger partial charge in [0, 0.05) is 0 Å². The third-order valence-electron chi connectivity index (χ3n) is 0.471. The second-order valence-corrected chi connectivity index (χ2v) is 1.78. The van der Waals surface area contributed by atoms with E-state index in [1.807, 2.05) is 0 Å². The van der Waals surface area contributed by atoms with Crippen LogP contribution in [0.1, 0.15) is 0 Å². The molecule has 0 aliphatic rings. The average Bonchev–Trinajstić information content (AvgIpc) is 1.65. The first-order valence-corrected chi connectivity index (χ1v) is 2.92. The van der Waals surface area contributed by atoms with Crippen molar-refractivity contribution in [2.45, 2.75) is 11.4 Å². The van der Waals surface area contributed by atoms with Gasteiger partial charge in [-0.1, -0.05) is 0 Å². The third kappa shape index (κ3) is 2.74. The molecule has 1 atom stereocenters.